The number of amides is 1. The van der Waals surface area contributed by atoms with Crippen molar-refractivity contribution in [2.75, 3.05) is 6.54 Å². The van der Waals surface area contributed by atoms with E-state index in [2.05, 4.69) is 4.98 Å². The highest BCUT2D eigenvalue weighted by Gasteiger charge is 2.29. The number of aromatic nitrogens is 1. The topological polar surface area (TPSA) is 33.2 Å². The van der Waals surface area contributed by atoms with Crippen molar-refractivity contribution in [1.82, 2.24) is 9.88 Å². The van der Waals surface area contributed by atoms with E-state index in [0.717, 1.165) is 31.4 Å². The lowest BCUT2D eigenvalue weighted by molar-refractivity contribution is -0.134. The second-order valence-electron chi connectivity index (χ2n) is 4.45. The van der Waals surface area contributed by atoms with E-state index in [1.165, 1.54) is 0 Å². The third-order valence-corrected chi connectivity index (χ3v) is 3.38. The van der Waals surface area contributed by atoms with Crippen LogP contribution in [0.3, 0.4) is 0 Å². The number of rotatable bonds is 2. The zero-order valence-corrected chi connectivity index (χ0v) is 10.7. The Labute approximate surface area is 107 Å². The van der Waals surface area contributed by atoms with Crippen LogP contribution >= 0.6 is 11.6 Å². The maximum atomic E-state index is 12.1. The normalized spacial score (nSPS) is 22.2. The highest BCUT2D eigenvalue weighted by atomic mass is 35.5. The van der Waals surface area contributed by atoms with E-state index in [1.807, 2.05) is 23.2 Å². The summed E-state index contributed by atoms with van der Waals surface area (Å²) in [7, 11) is 0. The summed E-state index contributed by atoms with van der Waals surface area (Å²) < 4.78 is 0. The molecule has 0 radical (unpaired) electrons. The van der Waals surface area contributed by atoms with Gasteiger partial charge in [-0.25, -0.2) is 0 Å². The Morgan fingerprint density at radius 1 is 1.59 bits per heavy atom. The number of pyridine rings is 1. The van der Waals surface area contributed by atoms with Gasteiger partial charge in [0.2, 0.25) is 5.91 Å². The van der Waals surface area contributed by atoms with Gasteiger partial charge in [-0.1, -0.05) is 6.07 Å². The Balaban J connectivity index is 2.21. The van der Waals surface area contributed by atoms with Gasteiger partial charge in [0.25, 0.3) is 0 Å². The molecule has 1 aromatic rings. The molecule has 0 aromatic carbocycles. The molecule has 3 nitrogen and oxygen atoms in total. The van der Waals surface area contributed by atoms with E-state index in [0.29, 0.717) is 0 Å². The highest BCUT2D eigenvalue weighted by Crippen LogP contribution is 2.31. The predicted octanol–water partition coefficient (Wildman–Crippen LogP) is 2.76. The largest absolute Gasteiger partial charge is 0.334 e. The van der Waals surface area contributed by atoms with Crippen molar-refractivity contribution in [3.05, 3.63) is 30.1 Å². The quantitative estimate of drug-likeness (QED) is 0.759. The molecule has 0 saturated carbocycles. The molecule has 1 aromatic heterocycles. The molecule has 2 heterocycles. The summed E-state index contributed by atoms with van der Waals surface area (Å²) in [6.45, 7) is 2.54. The third kappa shape index (κ3) is 2.78. The Kier molecular flexibility index (Phi) is 4.00. The maximum Gasteiger partial charge on any atom is 0.240 e. The molecule has 1 amide bonds. The standard InChI is InChI=1S/C13H17ClN2O/c1-10(14)13(17)16-8-3-2-6-12(16)11-5-4-7-15-9-11/h4-5,7,9-10,12H,2-3,6,8H2,1H3/t10-,12-/m1/s1. The summed E-state index contributed by atoms with van der Waals surface area (Å²) in [6.07, 6.45) is 6.81. The zero-order chi connectivity index (χ0) is 12.3. The fraction of sp³-hybridized carbons (Fsp3) is 0.538. The second kappa shape index (κ2) is 5.50. The van der Waals surface area contributed by atoms with Gasteiger partial charge in [0.15, 0.2) is 0 Å². The molecule has 4 heteroatoms. The lowest BCUT2D eigenvalue weighted by Gasteiger charge is -2.36. The van der Waals surface area contributed by atoms with Crippen LogP contribution in [0.5, 0.6) is 0 Å². The summed E-state index contributed by atoms with van der Waals surface area (Å²) >= 11 is 5.91. The molecule has 0 bridgehead atoms. The average Bonchev–Trinajstić information content (AvgIpc) is 2.39. The van der Waals surface area contributed by atoms with Crippen LogP contribution in [0.4, 0.5) is 0 Å². The number of carbonyl (C=O) groups is 1. The van der Waals surface area contributed by atoms with Crippen LogP contribution in [-0.4, -0.2) is 27.7 Å². The molecule has 1 aliphatic rings. The molecule has 0 aliphatic carbocycles. The monoisotopic (exact) mass is 252 g/mol. The van der Waals surface area contributed by atoms with Gasteiger partial charge >= 0.3 is 0 Å². The van der Waals surface area contributed by atoms with Crippen molar-refractivity contribution in [2.45, 2.75) is 37.6 Å². The Morgan fingerprint density at radius 2 is 2.41 bits per heavy atom. The van der Waals surface area contributed by atoms with E-state index in [-0.39, 0.29) is 11.9 Å². The summed E-state index contributed by atoms with van der Waals surface area (Å²) in [5, 5.41) is -0.452. The molecule has 2 rings (SSSR count). The SMILES string of the molecule is C[C@@H](Cl)C(=O)N1CCCC[C@@H]1c1cccnc1. The predicted molar refractivity (Wildman–Crippen MR) is 67.9 cm³/mol. The zero-order valence-electron chi connectivity index (χ0n) is 9.97. The molecule has 92 valence electrons. The minimum atomic E-state index is -0.452. The lowest BCUT2D eigenvalue weighted by atomic mass is 9.96. The molecular formula is C13H17ClN2O. The fourth-order valence-electron chi connectivity index (χ4n) is 2.34. The summed E-state index contributed by atoms with van der Waals surface area (Å²) in [5.41, 5.74) is 1.11. The number of carbonyl (C=O) groups excluding carboxylic acids is 1. The number of alkyl halides is 1. The summed E-state index contributed by atoms with van der Waals surface area (Å²) in [5.74, 6) is 0.0280. The molecule has 0 spiro atoms. The Bertz CT molecular complexity index is 380. The number of piperidine rings is 1. The van der Waals surface area contributed by atoms with Crippen LogP contribution in [0.2, 0.25) is 0 Å². The van der Waals surface area contributed by atoms with Gasteiger partial charge in [0.1, 0.15) is 5.38 Å². The van der Waals surface area contributed by atoms with Crippen LogP contribution in [0.25, 0.3) is 0 Å². The van der Waals surface area contributed by atoms with Crippen molar-refractivity contribution in [3.63, 3.8) is 0 Å². The number of likely N-dealkylation sites (tertiary alicyclic amines) is 1. The number of nitrogens with zero attached hydrogens (tertiary/aromatic N) is 2. The van der Waals surface area contributed by atoms with Crippen LogP contribution in [-0.2, 0) is 4.79 Å². The van der Waals surface area contributed by atoms with E-state index < -0.39 is 5.38 Å². The molecule has 17 heavy (non-hydrogen) atoms. The second-order valence-corrected chi connectivity index (χ2v) is 5.10. The molecule has 0 unspecified atom stereocenters. The first-order valence-electron chi connectivity index (χ1n) is 6.04. The summed E-state index contributed by atoms with van der Waals surface area (Å²) in [4.78, 5) is 18.1. The minimum absolute atomic E-state index is 0.0280. The Hall–Kier alpha value is -1.09. The van der Waals surface area contributed by atoms with Gasteiger partial charge in [-0.15, -0.1) is 11.6 Å². The van der Waals surface area contributed by atoms with Gasteiger partial charge < -0.3 is 4.90 Å². The minimum Gasteiger partial charge on any atom is -0.334 e. The van der Waals surface area contributed by atoms with Gasteiger partial charge in [-0.2, -0.15) is 0 Å². The molecule has 1 saturated heterocycles. The van der Waals surface area contributed by atoms with Crippen LogP contribution in [0.15, 0.2) is 24.5 Å². The lowest BCUT2D eigenvalue weighted by Crippen LogP contribution is -2.41. The van der Waals surface area contributed by atoms with Gasteiger partial charge in [-0.3, -0.25) is 9.78 Å². The van der Waals surface area contributed by atoms with E-state index in [4.69, 9.17) is 11.6 Å². The van der Waals surface area contributed by atoms with Crippen molar-refractivity contribution in [2.24, 2.45) is 0 Å². The first kappa shape index (κ1) is 12.4. The summed E-state index contributed by atoms with van der Waals surface area (Å²) in [6, 6.07) is 4.09. The molecular weight excluding hydrogens is 236 g/mol. The first-order valence-corrected chi connectivity index (χ1v) is 6.48. The van der Waals surface area contributed by atoms with Gasteiger partial charge in [-0.05, 0) is 37.8 Å². The molecule has 0 N–H and O–H groups in total. The van der Waals surface area contributed by atoms with Gasteiger partial charge in [0, 0.05) is 18.9 Å². The van der Waals surface area contributed by atoms with E-state index in [9.17, 15) is 4.79 Å². The first-order chi connectivity index (χ1) is 8.20. The smallest absolute Gasteiger partial charge is 0.240 e. The van der Waals surface area contributed by atoms with Crippen LogP contribution < -0.4 is 0 Å². The van der Waals surface area contributed by atoms with E-state index in [1.54, 1.807) is 13.1 Å². The third-order valence-electron chi connectivity index (χ3n) is 3.20. The van der Waals surface area contributed by atoms with Gasteiger partial charge in [0.05, 0.1) is 6.04 Å². The molecule has 2 atom stereocenters. The Morgan fingerprint density at radius 3 is 3.06 bits per heavy atom. The maximum absolute atomic E-state index is 12.1. The van der Waals surface area contributed by atoms with Crippen molar-refractivity contribution in [3.8, 4) is 0 Å². The fourth-order valence-corrected chi connectivity index (χ4v) is 2.47. The average molecular weight is 253 g/mol. The number of halogens is 1. The van der Waals surface area contributed by atoms with Crippen LogP contribution in [0.1, 0.15) is 37.8 Å². The molecule has 1 aliphatic heterocycles. The number of hydrogen-bond acceptors (Lipinski definition) is 2. The van der Waals surface area contributed by atoms with E-state index >= 15 is 0 Å². The highest BCUT2D eigenvalue weighted by molar-refractivity contribution is 6.30. The van der Waals surface area contributed by atoms with Crippen LogP contribution in [0, 0.1) is 0 Å². The van der Waals surface area contributed by atoms with Crippen molar-refractivity contribution in [1.29, 1.82) is 0 Å². The number of hydrogen-bond donors (Lipinski definition) is 0. The van der Waals surface area contributed by atoms with Crippen molar-refractivity contribution >= 4 is 17.5 Å². The molecule has 1 fully saturated rings. The van der Waals surface area contributed by atoms with Crippen molar-refractivity contribution < 1.29 is 4.79 Å².